The molecule has 10 aromatic carbocycles. The highest BCUT2D eigenvalue weighted by atomic mass is 15.1. The van der Waals surface area contributed by atoms with E-state index in [1.807, 2.05) is 0 Å². The van der Waals surface area contributed by atoms with E-state index in [1.165, 1.54) is 66.3 Å². The molecule has 0 atom stereocenters. The van der Waals surface area contributed by atoms with Crippen LogP contribution in [0.2, 0.25) is 0 Å². The molecule has 0 spiro atoms. The monoisotopic (exact) mass is 790 g/mol. The Labute approximate surface area is 362 Å². The topological polar surface area (TPSA) is 8.17 Å². The smallest absolute Gasteiger partial charge is 0.0546 e. The van der Waals surface area contributed by atoms with Crippen LogP contribution in [-0.4, -0.2) is 4.57 Å². The van der Waals surface area contributed by atoms with Crippen LogP contribution in [0.1, 0.15) is 0 Å². The number of para-hydroxylation sites is 3. The Bertz CT molecular complexity index is 3240. The minimum Gasteiger partial charge on any atom is -0.310 e. The number of hydrogen-bond acceptors (Lipinski definition) is 1. The zero-order valence-electron chi connectivity index (χ0n) is 34.1. The maximum absolute atomic E-state index is 2.45. The summed E-state index contributed by atoms with van der Waals surface area (Å²) in [5, 5.41) is 2.49. The summed E-state index contributed by atoms with van der Waals surface area (Å²) in [5.41, 5.74) is 18.6. The summed E-state index contributed by atoms with van der Waals surface area (Å²) < 4.78 is 2.45. The number of anilines is 3. The van der Waals surface area contributed by atoms with Crippen LogP contribution in [0.4, 0.5) is 17.1 Å². The summed E-state index contributed by atoms with van der Waals surface area (Å²) >= 11 is 0. The van der Waals surface area contributed by atoms with Crippen LogP contribution in [0.25, 0.3) is 83.1 Å². The van der Waals surface area contributed by atoms with Gasteiger partial charge in [0.05, 0.1) is 22.4 Å². The number of fused-ring (bicyclic) bond motifs is 3. The standard InChI is InChI=1S/C60H42N2/c1-4-17-43(18-5-1)45-31-33-49(34-32-45)60-53(26-16-30-59(60)62-57-28-14-11-24-54(57)55-25-12-15-29-58(55)62)48-37-41-51(42-38-48)61(50-39-35-46(36-40-50)44-19-6-2-7-20-44)56-27-13-10-23-52(56)47-21-8-3-9-22-47/h1-42H. The minimum atomic E-state index is 1.08. The van der Waals surface area contributed by atoms with Gasteiger partial charge in [-0.3, -0.25) is 0 Å². The van der Waals surface area contributed by atoms with Gasteiger partial charge in [-0.1, -0.05) is 206 Å². The molecule has 0 N–H and O–H groups in total. The summed E-state index contributed by atoms with van der Waals surface area (Å²) in [7, 11) is 0. The average Bonchev–Trinajstić information content (AvgIpc) is 3.69. The summed E-state index contributed by atoms with van der Waals surface area (Å²) in [6, 6.07) is 92.0. The highest BCUT2D eigenvalue weighted by molar-refractivity contribution is 6.10. The lowest BCUT2D eigenvalue weighted by atomic mass is 9.91. The Morgan fingerprint density at radius 1 is 0.258 bits per heavy atom. The normalized spacial score (nSPS) is 11.2. The highest BCUT2D eigenvalue weighted by Crippen LogP contribution is 2.45. The fourth-order valence-corrected chi connectivity index (χ4v) is 9.09. The van der Waals surface area contributed by atoms with Crippen LogP contribution in [0.3, 0.4) is 0 Å². The molecular weight excluding hydrogens is 749 g/mol. The first-order chi connectivity index (χ1) is 30.8. The van der Waals surface area contributed by atoms with E-state index >= 15 is 0 Å². The van der Waals surface area contributed by atoms with Crippen molar-refractivity contribution in [1.29, 1.82) is 0 Å². The van der Waals surface area contributed by atoms with Gasteiger partial charge < -0.3 is 9.47 Å². The number of hydrogen-bond donors (Lipinski definition) is 0. The lowest BCUT2D eigenvalue weighted by molar-refractivity contribution is 1.18. The number of rotatable bonds is 9. The SMILES string of the molecule is c1ccc(-c2ccc(-c3c(-c4ccc(N(c5ccc(-c6ccccc6)cc5)c5ccccc5-c5ccccc5)cc4)cccc3-n3c4ccccc4c4ccccc43)cc2)cc1. The van der Waals surface area contributed by atoms with Crippen LogP contribution < -0.4 is 4.90 Å². The third kappa shape index (κ3) is 6.74. The second-order valence-corrected chi connectivity index (χ2v) is 15.7. The molecule has 0 fully saturated rings. The molecule has 0 bridgehead atoms. The lowest BCUT2D eigenvalue weighted by Gasteiger charge is -2.28. The Kier molecular flexibility index (Phi) is 9.57. The molecule has 62 heavy (non-hydrogen) atoms. The zero-order chi connectivity index (χ0) is 41.2. The molecule has 0 aliphatic rings. The Morgan fingerprint density at radius 2 is 0.645 bits per heavy atom. The summed E-state index contributed by atoms with van der Waals surface area (Å²) in [4.78, 5) is 2.39. The van der Waals surface area contributed by atoms with Gasteiger partial charge in [-0.15, -0.1) is 0 Å². The third-order valence-corrected chi connectivity index (χ3v) is 12.0. The van der Waals surface area contributed by atoms with E-state index in [1.54, 1.807) is 0 Å². The Balaban J connectivity index is 1.08. The van der Waals surface area contributed by atoms with Crippen molar-refractivity contribution in [2.45, 2.75) is 0 Å². The molecule has 11 rings (SSSR count). The van der Waals surface area contributed by atoms with Crippen molar-refractivity contribution < 1.29 is 0 Å². The van der Waals surface area contributed by atoms with Gasteiger partial charge in [0.25, 0.3) is 0 Å². The van der Waals surface area contributed by atoms with Gasteiger partial charge in [0.2, 0.25) is 0 Å². The van der Waals surface area contributed by atoms with Gasteiger partial charge in [0.15, 0.2) is 0 Å². The Morgan fingerprint density at radius 3 is 1.21 bits per heavy atom. The van der Waals surface area contributed by atoms with Crippen LogP contribution in [0.5, 0.6) is 0 Å². The molecule has 0 radical (unpaired) electrons. The van der Waals surface area contributed by atoms with Gasteiger partial charge in [-0.2, -0.15) is 0 Å². The van der Waals surface area contributed by atoms with Crippen molar-refractivity contribution in [2.75, 3.05) is 4.90 Å². The van der Waals surface area contributed by atoms with Crippen LogP contribution in [0.15, 0.2) is 255 Å². The molecule has 0 saturated heterocycles. The van der Waals surface area contributed by atoms with Crippen molar-refractivity contribution in [3.05, 3.63) is 255 Å². The van der Waals surface area contributed by atoms with Crippen molar-refractivity contribution >= 4 is 38.9 Å². The third-order valence-electron chi connectivity index (χ3n) is 12.0. The maximum atomic E-state index is 2.45. The predicted octanol–water partition coefficient (Wildman–Crippen LogP) is 16.6. The highest BCUT2D eigenvalue weighted by Gasteiger charge is 2.21. The lowest BCUT2D eigenvalue weighted by Crippen LogP contribution is -2.11. The van der Waals surface area contributed by atoms with Crippen molar-refractivity contribution in [3.63, 3.8) is 0 Å². The number of aromatic nitrogens is 1. The van der Waals surface area contributed by atoms with Crippen molar-refractivity contribution in [1.82, 2.24) is 4.57 Å². The second kappa shape index (κ2) is 16.1. The van der Waals surface area contributed by atoms with E-state index in [0.717, 1.165) is 33.9 Å². The first kappa shape index (κ1) is 36.8. The molecule has 1 aromatic heterocycles. The van der Waals surface area contributed by atoms with E-state index in [0.29, 0.717) is 0 Å². The van der Waals surface area contributed by atoms with Crippen LogP contribution >= 0.6 is 0 Å². The number of nitrogens with zero attached hydrogens (tertiary/aromatic N) is 2. The molecule has 0 unspecified atom stereocenters. The predicted molar refractivity (Wildman–Crippen MR) is 263 cm³/mol. The molecule has 0 aliphatic heterocycles. The van der Waals surface area contributed by atoms with Gasteiger partial charge in [0.1, 0.15) is 0 Å². The fourth-order valence-electron chi connectivity index (χ4n) is 9.09. The summed E-state index contributed by atoms with van der Waals surface area (Å²) in [6.07, 6.45) is 0. The molecule has 1 heterocycles. The first-order valence-corrected chi connectivity index (χ1v) is 21.3. The van der Waals surface area contributed by atoms with Crippen LogP contribution in [-0.2, 0) is 0 Å². The van der Waals surface area contributed by atoms with E-state index in [4.69, 9.17) is 0 Å². The largest absolute Gasteiger partial charge is 0.310 e. The molecule has 2 nitrogen and oxygen atoms in total. The molecule has 0 aliphatic carbocycles. The van der Waals surface area contributed by atoms with Gasteiger partial charge in [-0.25, -0.2) is 0 Å². The van der Waals surface area contributed by atoms with E-state index in [-0.39, 0.29) is 0 Å². The summed E-state index contributed by atoms with van der Waals surface area (Å²) in [6.45, 7) is 0. The molecule has 0 saturated carbocycles. The van der Waals surface area contributed by atoms with Crippen LogP contribution in [0, 0.1) is 0 Å². The average molecular weight is 791 g/mol. The maximum Gasteiger partial charge on any atom is 0.0546 e. The minimum absolute atomic E-state index is 1.08. The molecule has 11 aromatic rings. The van der Waals surface area contributed by atoms with Gasteiger partial charge >= 0.3 is 0 Å². The van der Waals surface area contributed by atoms with Gasteiger partial charge in [-0.05, 0) is 93.0 Å². The Hall–Kier alpha value is -8.20. The van der Waals surface area contributed by atoms with Crippen molar-refractivity contribution in [3.8, 4) is 61.3 Å². The van der Waals surface area contributed by atoms with E-state index < -0.39 is 0 Å². The molecule has 2 heteroatoms. The first-order valence-electron chi connectivity index (χ1n) is 21.3. The molecule has 292 valence electrons. The second-order valence-electron chi connectivity index (χ2n) is 15.7. The number of benzene rings is 10. The zero-order valence-corrected chi connectivity index (χ0v) is 34.1. The van der Waals surface area contributed by atoms with E-state index in [9.17, 15) is 0 Å². The van der Waals surface area contributed by atoms with E-state index in [2.05, 4.69) is 264 Å². The molecule has 0 amide bonds. The van der Waals surface area contributed by atoms with Crippen molar-refractivity contribution in [2.24, 2.45) is 0 Å². The fraction of sp³-hybridized carbons (Fsp3) is 0. The van der Waals surface area contributed by atoms with Gasteiger partial charge in [0, 0.05) is 33.3 Å². The summed E-state index contributed by atoms with van der Waals surface area (Å²) in [5.74, 6) is 0. The molecular formula is C60H42N2. The quantitative estimate of drug-likeness (QED) is 0.141.